The molecule has 5 rings (SSSR count). The molecule has 0 saturated heterocycles. The number of hydrogen-bond acceptors (Lipinski definition) is 5. The minimum absolute atomic E-state index is 0.224. The number of hydrogen-bond donors (Lipinski definition) is 3. The summed E-state index contributed by atoms with van der Waals surface area (Å²) in [5.74, 6) is 0.633. The summed E-state index contributed by atoms with van der Waals surface area (Å²) >= 11 is 0. The van der Waals surface area contributed by atoms with Crippen molar-refractivity contribution >= 4 is 22.8 Å². The fraction of sp³-hybridized carbons (Fsp3) is 0.154. The third kappa shape index (κ3) is 4.56. The maximum absolute atomic E-state index is 13.3. The fourth-order valence-corrected chi connectivity index (χ4v) is 3.63. The lowest BCUT2D eigenvalue weighted by atomic mass is 9.92. The Labute approximate surface area is 200 Å². The molecule has 9 nitrogen and oxygen atoms in total. The third-order valence-electron chi connectivity index (χ3n) is 5.41. The van der Waals surface area contributed by atoms with Crippen molar-refractivity contribution in [2.24, 2.45) is 0 Å². The number of carbonyl (C=O) groups excluding carboxylic acids is 1. The van der Waals surface area contributed by atoms with Gasteiger partial charge >= 0.3 is 5.69 Å². The summed E-state index contributed by atoms with van der Waals surface area (Å²) in [6, 6.07) is 20.1. The van der Waals surface area contributed by atoms with Crippen LogP contribution in [0.4, 0.5) is 5.69 Å². The van der Waals surface area contributed by atoms with E-state index in [1.54, 1.807) is 41.2 Å². The van der Waals surface area contributed by atoms with Crippen LogP contribution in [0.3, 0.4) is 0 Å². The highest BCUT2D eigenvalue weighted by atomic mass is 16.5. The zero-order valence-corrected chi connectivity index (χ0v) is 19.5. The molecule has 0 aliphatic heterocycles. The highest BCUT2D eigenvalue weighted by Gasteiger charge is 2.24. The monoisotopic (exact) mass is 468 g/mol. The molecule has 0 aliphatic rings. The average molecular weight is 469 g/mol. The normalized spacial score (nSPS) is 11.5. The summed E-state index contributed by atoms with van der Waals surface area (Å²) in [5, 5.41) is 7.66. The molecule has 176 valence electrons. The number of anilines is 1. The molecule has 0 aliphatic carbocycles. The van der Waals surface area contributed by atoms with Gasteiger partial charge < -0.3 is 15.0 Å². The largest absolute Gasteiger partial charge is 0.455 e. The number of aromatic amines is 2. The van der Waals surface area contributed by atoms with E-state index < -0.39 is 0 Å². The van der Waals surface area contributed by atoms with E-state index in [0.29, 0.717) is 34.0 Å². The van der Waals surface area contributed by atoms with Crippen molar-refractivity contribution in [1.29, 1.82) is 0 Å². The topological polar surface area (TPSA) is 118 Å². The molecule has 3 heterocycles. The molecule has 9 heteroatoms. The molecule has 0 spiro atoms. The van der Waals surface area contributed by atoms with E-state index in [9.17, 15) is 9.59 Å². The van der Waals surface area contributed by atoms with E-state index >= 15 is 0 Å². The third-order valence-corrected chi connectivity index (χ3v) is 5.41. The molecule has 0 radical (unpaired) electrons. The van der Waals surface area contributed by atoms with Gasteiger partial charge in [-0.2, -0.15) is 5.10 Å². The molecule has 0 fully saturated rings. The maximum atomic E-state index is 13.3. The van der Waals surface area contributed by atoms with Gasteiger partial charge in [0.05, 0.1) is 11.4 Å². The van der Waals surface area contributed by atoms with Gasteiger partial charge in [0.1, 0.15) is 17.0 Å². The number of para-hydroxylation sites is 1. The lowest BCUT2D eigenvalue weighted by Gasteiger charge is -2.14. The second-order valence-corrected chi connectivity index (χ2v) is 9.11. The first-order valence-corrected chi connectivity index (χ1v) is 11.1. The Hall–Kier alpha value is -4.66. The van der Waals surface area contributed by atoms with Gasteiger partial charge in [0.25, 0.3) is 5.91 Å². The van der Waals surface area contributed by atoms with E-state index in [2.05, 4.69) is 41.0 Å². The van der Waals surface area contributed by atoms with Gasteiger partial charge in [0.2, 0.25) is 0 Å². The highest BCUT2D eigenvalue weighted by Crippen LogP contribution is 2.29. The van der Waals surface area contributed by atoms with Crippen molar-refractivity contribution in [2.45, 2.75) is 26.2 Å². The van der Waals surface area contributed by atoms with E-state index in [4.69, 9.17) is 9.84 Å². The zero-order chi connectivity index (χ0) is 24.6. The summed E-state index contributed by atoms with van der Waals surface area (Å²) in [7, 11) is 0. The number of ether oxygens (including phenoxy) is 1. The van der Waals surface area contributed by atoms with Crippen molar-refractivity contribution in [3.63, 3.8) is 0 Å². The fourth-order valence-electron chi connectivity index (χ4n) is 3.63. The Morgan fingerprint density at radius 2 is 1.80 bits per heavy atom. The zero-order valence-electron chi connectivity index (χ0n) is 19.5. The summed E-state index contributed by atoms with van der Waals surface area (Å²) in [6.45, 7) is 6.17. The molecule has 35 heavy (non-hydrogen) atoms. The van der Waals surface area contributed by atoms with Gasteiger partial charge in [-0.3, -0.25) is 9.78 Å². The molecule has 0 unspecified atom stereocenters. The van der Waals surface area contributed by atoms with E-state index in [0.717, 1.165) is 11.4 Å². The van der Waals surface area contributed by atoms with Gasteiger partial charge in [-0.25, -0.2) is 14.5 Å². The Morgan fingerprint density at radius 1 is 1.00 bits per heavy atom. The number of amides is 1. The van der Waals surface area contributed by atoms with E-state index in [1.165, 1.54) is 0 Å². The molecule has 5 aromatic rings. The van der Waals surface area contributed by atoms with Crippen LogP contribution < -0.4 is 15.7 Å². The lowest BCUT2D eigenvalue weighted by Crippen LogP contribution is -2.17. The Bertz CT molecular complexity index is 1570. The van der Waals surface area contributed by atoms with Gasteiger partial charge in [0.15, 0.2) is 11.4 Å². The molecule has 0 saturated carbocycles. The molecule has 3 N–H and O–H groups in total. The van der Waals surface area contributed by atoms with Crippen LogP contribution >= 0.6 is 0 Å². The predicted octanol–water partition coefficient (Wildman–Crippen LogP) is 4.78. The summed E-state index contributed by atoms with van der Waals surface area (Å²) in [6.07, 6.45) is 1.55. The second-order valence-electron chi connectivity index (χ2n) is 9.11. The molecule has 2 aromatic carbocycles. The first-order chi connectivity index (χ1) is 16.8. The number of pyridine rings is 1. The number of rotatable bonds is 5. The summed E-state index contributed by atoms with van der Waals surface area (Å²) in [4.78, 5) is 34.4. The van der Waals surface area contributed by atoms with Crippen LogP contribution in [0.1, 0.15) is 37.0 Å². The number of nitrogens with zero attached hydrogens (tertiary/aromatic N) is 3. The van der Waals surface area contributed by atoms with Crippen LogP contribution in [0.5, 0.6) is 11.5 Å². The van der Waals surface area contributed by atoms with Crippen molar-refractivity contribution in [3.8, 4) is 17.2 Å². The van der Waals surface area contributed by atoms with Crippen LogP contribution in [-0.4, -0.2) is 30.6 Å². The van der Waals surface area contributed by atoms with Gasteiger partial charge in [-0.1, -0.05) is 45.0 Å². The van der Waals surface area contributed by atoms with Gasteiger partial charge in [-0.05, 0) is 30.3 Å². The first-order valence-electron chi connectivity index (χ1n) is 11.1. The quantitative estimate of drug-likeness (QED) is 0.343. The van der Waals surface area contributed by atoms with Crippen LogP contribution in [0.15, 0.2) is 77.7 Å². The van der Waals surface area contributed by atoms with Crippen molar-refractivity contribution in [3.05, 3.63) is 94.8 Å². The Morgan fingerprint density at radius 3 is 2.57 bits per heavy atom. The Kier molecular flexibility index (Phi) is 5.44. The number of H-pyrrole nitrogens is 2. The standard InChI is InChI=1S/C26H24N6O3/c1-26(2,3)21-15-19(32(31-21)17-9-5-4-6-10-17)24(33)28-16-8-7-11-18(14-16)35-20-12-13-27-23-22(20)29-25(34)30-23/h4-15H,1-3H3,(H,28,33)(H2,27,29,30,34). The van der Waals surface area contributed by atoms with Crippen LogP contribution in [0.25, 0.3) is 16.9 Å². The predicted molar refractivity (Wildman–Crippen MR) is 133 cm³/mol. The molecule has 1 amide bonds. The number of nitrogens with one attached hydrogen (secondary N) is 3. The van der Waals surface area contributed by atoms with E-state index in [-0.39, 0.29) is 17.0 Å². The highest BCUT2D eigenvalue weighted by molar-refractivity contribution is 6.03. The van der Waals surface area contributed by atoms with Crippen molar-refractivity contribution in [1.82, 2.24) is 24.7 Å². The minimum atomic E-state index is -0.366. The number of aromatic nitrogens is 5. The number of benzene rings is 2. The van der Waals surface area contributed by atoms with Crippen LogP contribution in [0.2, 0.25) is 0 Å². The number of imidazole rings is 1. The van der Waals surface area contributed by atoms with Gasteiger partial charge in [0, 0.05) is 29.4 Å². The summed E-state index contributed by atoms with van der Waals surface area (Å²) < 4.78 is 7.63. The SMILES string of the molecule is CC(C)(C)c1cc(C(=O)Nc2cccc(Oc3ccnc4[nH]c(=O)[nH]c34)c2)n(-c2ccccc2)n1. The number of carbonyl (C=O) groups is 1. The van der Waals surface area contributed by atoms with Crippen molar-refractivity contribution in [2.75, 3.05) is 5.32 Å². The number of fused-ring (bicyclic) bond motifs is 1. The molecule has 0 atom stereocenters. The van der Waals surface area contributed by atoms with Crippen LogP contribution in [0, 0.1) is 0 Å². The Balaban J connectivity index is 1.43. The molecule has 3 aromatic heterocycles. The minimum Gasteiger partial charge on any atom is -0.455 e. The molecule has 0 bridgehead atoms. The first kappa shape index (κ1) is 22.1. The molecular weight excluding hydrogens is 444 g/mol. The van der Waals surface area contributed by atoms with E-state index in [1.807, 2.05) is 36.4 Å². The van der Waals surface area contributed by atoms with Crippen LogP contribution in [-0.2, 0) is 5.41 Å². The molecular formula is C26H24N6O3. The second kappa shape index (κ2) is 8.60. The lowest BCUT2D eigenvalue weighted by molar-refractivity contribution is 0.101. The average Bonchev–Trinajstić information content (AvgIpc) is 3.44. The van der Waals surface area contributed by atoms with Gasteiger partial charge in [-0.15, -0.1) is 0 Å². The summed E-state index contributed by atoms with van der Waals surface area (Å²) in [5.41, 5.74) is 2.87. The maximum Gasteiger partial charge on any atom is 0.325 e. The smallest absolute Gasteiger partial charge is 0.325 e. The van der Waals surface area contributed by atoms with Crippen molar-refractivity contribution < 1.29 is 9.53 Å².